The molecule has 4 atom stereocenters. The Hall–Kier alpha value is -3.35. The maximum atomic E-state index is 14.2. The number of alkyl halides is 1. The number of aryl methyl sites for hydroxylation is 1. The molecule has 7 heteroatoms. The Morgan fingerprint density at radius 2 is 1.91 bits per heavy atom. The lowest BCUT2D eigenvalue weighted by molar-refractivity contribution is -0.136. The molecule has 0 bridgehead atoms. The smallest absolute Gasteiger partial charge is 0.290 e. The highest BCUT2D eigenvalue weighted by Crippen LogP contribution is 2.48. The van der Waals surface area contributed by atoms with Gasteiger partial charge in [0.2, 0.25) is 0 Å². The van der Waals surface area contributed by atoms with Gasteiger partial charge in [0.15, 0.2) is 23.0 Å². The van der Waals surface area contributed by atoms with Crippen molar-refractivity contribution in [3.05, 3.63) is 70.5 Å². The van der Waals surface area contributed by atoms with Crippen LogP contribution in [0.1, 0.15) is 48.9 Å². The van der Waals surface area contributed by atoms with E-state index in [1.807, 2.05) is 38.1 Å². The molecule has 2 aliphatic heterocycles. The fourth-order valence-electron chi connectivity index (χ4n) is 5.23. The molecule has 1 fully saturated rings. The van der Waals surface area contributed by atoms with Crippen molar-refractivity contribution in [2.75, 3.05) is 6.61 Å². The second-order valence-electron chi connectivity index (χ2n) is 9.26. The SMILES string of the molecule is CCOc1cc(C2C3=C(OC4CCC(F)CC4C3=O)C(=O)N2Cc2ccc(C)cc2)ccc1O. The van der Waals surface area contributed by atoms with Gasteiger partial charge in [-0.1, -0.05) is 35.9 Å². The molecule has 34 heavy (non-hydrogen) atoms. The fraction of sp³-hybridized carbons (Fsp3) is 0.407. The van der Waals surface area contributed by atoms with Gasteiger partial charge in [-0.15, -0.1) is 0 Å². The second-order valence-corrected chi connectivity index (χ2v) is 9.26. The molecule has 4 unspecified atom stereocenters. The van der Waals surface area contributed by atoms with E-state index in [0.29, 0.717) is 25.0 Å². The Bertz CT molecular complexity index is 1160. The number of benzene rings is 2. The number of carbonyl (C=O) groups excluding carboxylic acids is 2. The average molecular weight is 466 g/mol. The third kappa shape index (κ3) is 3.83. The van der Waals surface area contributed by atoms with Crippen LogP contribution in [-0.4, -0.2) is 40.6 Å². The third-order valence-electron chi connectivity index (χ3n) is 6.95. The van der Waals surface area contributed by atoms with Crippen molar-refractivity contribution in [3.8, 4) is 11.5 Å². The number of nitrogens with zero attached hydrogens (tertiary/aromatic N) is 1. The fourth-order valence-corrected chi connectivity index (χ4v) is 5.23. The molecule has 178 valence electrons. The van der Waals surface area contributed by atoms with Crippen molar-refractivity contribution < 1.29 is 28.6 Å². The Labute approximate surface area is 198 Å². The number of hydrogen-bond donors (Lipinski definition) is 1. The molecule has 0 spiro atoms. The Morgan fingerprint density at radius 1 is 1.15 bits per heavy atom. The van der Waals surface area contributed by atoms with E-state index >= 15 is 0 Å². The summed E-state index contributed by atoms with van der Waals surface area (Å²) in [5, 5.41) is 10.2. The highest BCUT2D eigenvalue weighted by Gasteiger charge is 2.53. The molecule has 3 aliphatic rings. The lowest BCUT2D eigenvalue weighted by atomic mass is 9.77. The van der Waals surface area contributed by atoms with Gasteiger partial charge in [-0.3, -0.25) is 9.59 Å². The van der Waals surface area contributed by atoms with Gasteiger partial charge in [0.05, 0.1) is 24.1 Å². The Morgan fingerprint density at radius 3 is 2.65 bits per heavy atom. The summed E-state index contributed by atoms with van der Waals surface area (Å²) < 4.78 is 25.9. The summed E-state index contributed by atoms with van der Waals surface area (Å²) in [5.74, 6) is -0.828. The zero-order valence-corrected chi connectivity index (χ0v) is 19.3. The largest absolute Gasteiger partial charge is 0.504 e. The van der Waals surface area contributed by atoms with Crippen molar-refractivity contribution in [2.24, 2.45) is 5.92 Å². The van der Waals surface area contributed by atoms with Crippen molar-refractivity contribution >= 4 is 11.7 Å². The molecule has 0 saturated heterocycles. The summed E-state index contributed by atoms with van der Waals surface area (Å²) in [5.41, 5.74) is 2.94. The predicted octanol–water partition coefficient (Wildman–Crippen LogP) is 4.54. The third-order valence-corrected chi connectivity index (χ3v) is 6.95. The van der Waals surface area contributed by atoms with E-state index in [9.17, 15) is 19.1 Å². The van der Waals surface area contributed by atoms with E-state index in [4.69, 9.17) is 9.47 Å². The lowest BCUT2D eigenvalue weighted by Gasteiger charge is -2.36. The number of phenolic OH excluding ortho intramolecular Hbond substituents is 1. The monoisotopic (exact) mass is 465 g/mol. The molecule has 6 nitrogen and oxygen atoms in total. The number of aromatic hydroxyl groups is 1. The molecule has 2 aromatic rings. The van der Waals surface area contributed by atoms with Gasteiger partial charge < -0.3 is 19.5 Å². The molecule has 5 rings (SSSR count). The molecule has 1 N–H and O–H groups in total. The number of ketones is 1. The number of halogens is 1. The van der Waals surface area contributed by atoms with Crippen LogP contribution in [0.15, 0.2) is 53.8 Å². The lowest BCUT2D eigenvalue weighted by Crippen LogP contribution is -2.42. The van der Waals surface area contributed by atoms with E-state index < -0.39 is 24.2 Å². The van der Waals surface area contributed by atoms with Crippen LogP contribution < -0.4 is 4.74 Å². The molecule has 2 aromatic carbocycles. The first-order valence-corrected chi connectivity index (χ1v) is 11.8. The summed E-state index contributed by atoms with van der Waals surface area (Å²) in [6.07, 6.45) is -0.664. The van der Waals surface area contributed by atoms with Crippen molar-refractivity contribution in [3.63, 3.8) is 0 Å². The summed E-state index contributed by atoms with van der Waals surface area (Å²) in [6.45, 7) is 4.43. The van der Waals surface area contributed by atoms with Crippen LogP contribution in [0.5, 0.6) is 11.5 Å². The average Bonchev–Trinajstić information content (AvgIpc) is 3.09. The molecular weight excluding hydrogens is 437 g/mol. The number of carbonyl (C=O) groups is 2. The minimum atomic E-state index is -1.05. The number of fused-ring (bicyclic) bond motifs is 1. The molecule has 1 saturated carbocycles. The van der Waals surface area contributed by atoms with Gasteiger partial charge in [0.25, 0.3) is 5.91 Å². The topological polar surface area (TPSA) is 76.1 Å². The Kier molecular flexibility index (Phi) is 5.80. The molecule has 0 radical (unpaired) electrons. The normalized spacial score (nSPS) is 26.3. The van der Waals surface area contributed by atoms with Crippen LogP contribution in [0.2, 0.25) is 0 Å². The first-order valence-electron chi connectivity index (χ1n) is 11.8. The van der Waals surface area contributed by atoms with E-state index in [1.165, 1.54) is 6.07 Å². The highest BCUT2D eigenvalue weighted by atomic mass is 19.1. The van der Waals surface area contributed by atoms with Gasteiger partial charge >= 0.3 is 0 Å². The van der Waals surface area contributed by atoms with Crippen LogP contribution in [0.3, 0.4) is 0 Å². The van der Waals surface area contributed by atoms with Crippen LogP contribution in [-0.2, 0) is 20.9 Å². The van der Waals surface area contributed by atoms with Gasteiger partial charge in [-0.05, 0) is 56.4 Å². The van der Waals surface area contributed by atoms with Crippen LogP contribution >= 0.6 is 0 Å². The number of phenols is 1. The van der Waals surface area contributed by atoms with E-state index in [0.717, 1.165) is 11.1 Å². The number of amides is 1. The second kappa shape index (κ2) is 8.78. The van der Waals surface area contributed by atoms with Crippen molar-refractivity contribution in [2.45, 2.75) is 58.0 Å². The maximum absolute atomic E-state index is 14.2. The minimum absolute atomic E-state index is 0.0203. The van der Waals surface area contributed by atoms with Gasteiger partial charge in [0, 0.05) is 6.54 Å². The summed E-state index contributed by atoms with van der Waals surface area (Å²) in [7, 11) is 0. The molecule has 0 aromatic heterocycles. The molecule has 2 heterocycles. The van der Waals surface area contributed by atoms with Crippen molar-refractivity contribution in [1.29, 1.82) is 0 Å². The van der Waals surface area contributed by atoms with E-state index in [1.54, 1.807) is 17.0 Å². The predicted molar refractivity (Wildman–Crippen MR) is 123 cm³/mol. The molecular formula is C27H28FNO5. The molecule has 1 amide bonds. The van der Waals surface area contributed by atoms with Crippen LogP contribution in [0.25, 0.3) is 0 Å². The van der Waals surface area contributed by atoms with Crippen molar-refractivity contribution in [1.82, 2.24) is 4.90 Å². The number of hydrogen-bond acceptors (Lipinski definition) is 5. The number of Topliss-reactive ketones (excluding diaryl/α,β-unsaturated/α-hetero) is 1. The maximum Gasteiger partial charge on any atom is 0.290 e. The van der Waals surface area contributed by atoms with E-state index in [-0.39, 0.29) is 47.5 Å². The first kappa shape index (κ1) is 22.4. The van der Waals surface area contributed by atoms with Gasteiger partial charge in [-0.2, -0.15) is 0 Å². The quantitative estimate of drug-likeness (QED) is 0.702. The number of ether oxygens (including phenoxy) is 2. The van der Waals surface area contributed by atoms with Gasteiger partial charge in [0.1, 0.15) is 12.3 Å². The van der Waals surface area contributed by atoms with Crippen LogP contribution in [0.4, 0.5) is 4.39 Å². The standard InChI is InChI=1S/C27H28FNO5/c1-3-33-22-12-17(8-10-20(22)30)24-23-25(31)19-13-18(28)9-11-21(19)34-26(23)27(32)29(24)14-16-6-4-15(2)5-7-16/h4-8,10,12,18-19,21,24,30H,3,9,11,13-14H2,1-2H3. The van der Waals surface area contributed by atoms with E-state index in [2.05, 4.69) is 0 Å². The minimum Gasteiger partial charge on any atom is -0.504 e. The summed E-state index contributed by atoms with van der Waals surface area (Å²) >= 11 is 0. The first-order chi connectivity index (χ1) is 16.4. The molecule has 1 aliphatic carbocycles. The highest BCUT2D eigenvalue weighted by molar-refractivity contribution is 6.11. The van der Waals surface area contributed by atoms with Gasteiger partial charge in [-0.25, -0.2) is 4.39 Å². The Balaban J connectivity index is 1.59. The zero-order valence-electron chi connectivity index (χ0n) is 19.3. The summed E-state index contributed by atoms with van der Waals surface area (Å²) in [6, 6.07) is 12.0. The van der Waals surface area contributed by atoms with Crippen LogP contribution in [0, 0.1) is 12.8 Å². The zero-order chi connectivity index (χ0) is 24.0. The number of rotatable bonds is 5. The summed E-state index contributed by atoms with van der Waals surface area (Å²) in [4.78, 5) is 28.9.